The minimum Gasteiger partial charge on any atom is -0.478 e. The standard InChI is InChI=1S/C24H18ClN3O5S/c1-12-7-14(11-20-21(29)27-24(34-20)26-18-5-3-17(25)4-6-18)13(2)28(12)19-9-15(22(30)31)8-16(10-19)23(32)33/h3-11H,1-2H3,(H,30,31)(H,32,33)(H,26,27,29)/b20-11-. The molecule has 3 aromatic rings. The van der Waals surface area contributed by atoms with Crippen molar-refractivity contribution < 1.29 is 24.6 Å². The highest BCUT2D eigenvalue weighted by Gasteiger charge is 2.25. The molecule has 34 heavy (non-hydrogen) atoms. The summed E-state index contributed by atoms with van der Waals surface area (Å²) in [5, 5.41) is 22.5. The van der Waals surface area contributed by atoms with Crippen molar-refractivity contribution in [2.24, 2.45) is 4.99 Å². The van der Waals surface area contributed by atoms with Gasteiger partial charge in [-0.15, -0.1) is 0 Å². The van der Waals surface area contributed by atoms with Gasteiger partial charge in [0.25, 0.3) is 5.91 Å². The normalized spacial score (nSPS) is 15.7. The SMILES string of the molecule is Cc1cc(/C=C2\SC(=Nc3ccc(Cl)cc3)NC2=O)c(C)n1-c1cc(C(=O)O)cc(C(=O)O)c1. The molecule has 1 aliphatic heterocycles. The quantitative estimate of drug-likeness (QED) is 0.426. The number of hydrogen-bond donors (Lipinski definition) is 3. The zero-order chi connectivity index (χ0) is 24.6. The molecule has 0 spiro atoms. The summed E-state index contributed by atoms with van der Waals surface area (Å²) in [7, 11) is 0. The fourth-order valence-electron chi connectivity index (χ4n) is 3.57. The van der Waals surface area contributed by atoms with Crippen LogP contribution in [0.2, 0.25) is 5.02 Å². The number of carbonyl (C=O) groups is 3. The summed E-state index contributed by atoms with van der Waals surface area (Å²) in [6, 6.07) is 12.7. The van der Waals surface area contributed by atoms with Gasteiger partial charge >= 0.3 is 11.9 Å². The van der Waals surface area contributed by atoms with Crippen LogP contribution in [0.5, 0.6) is 0 Å². The maximum Gasteiger partial charge on any atom is 0.335 e. The first-order chi connectivity index (χ1) is 16.1. The predicted molar refractivity (Wildman–Crippen MR) is 131 cm³/mol. The average Bonchev–Trinajstić information content (AvgIpc) is 3.27. The number of hydrogen-bond acceptors (Lipinski definition) is 5. The monoisotopic (exact) mass is 495 g/mol. The lowest BCUT2D eigenvalue weighted by atomic mass is 10.1. The van der Waals surface area contributed by atoms with Gasteiger partial charge in [0, 0.05) is 22.1 Å². The first-order valence-corrected chi connectivity index (χ1v) is 11.2. The molecule has 10 heteroatoms. The van der Waals surface area contributed by atoms with Crippen LogP contribution in [0.3, 0.4) is 0 Å². The van der Waals surface area contributed by atoms with Crippen molar-refractivity contribution in [1.29, 1.82) is 0 Å². The molecule has 3 N–H and O–H groups in total. The third kappa shape index (κ3) is 4.75. The lowest BCUT2D eigenvalue weighted by molar-refractivity contribution is -0.115. The number of amidine groups is 1. The Balaban J connectivity index is 1.70. The number of amides is 1. The molecule has 1 saturated heterocycles. The minimum absolute atomic E-state index is 0.129. The summed E-state index contributed by atoms with van der Waals surface area (Å²) in [6.45, 7) is 3.63. The first-order valence-electron chi connectivity index (χ1n) is 9.98. The van der Waals surface area contributed by atoms with Gasteiger partial charge in [-0.2, -0.15) is 0 Å². The van der Waals surface area contributed by atoms with Gasteiger partial charge < -0.3 is 20.1 Å². The van der Waals surface area contributed by atoms with Crippen LogP contribution in [0.15, 0.2) is 58.4 Å². The zero-order valence-electron chi connectivity index (χ0n) is 18.0. The lowest BCUT2D eigenvalue weighted by Crippen LogP contribution is -2.19. The van der Waals surface area contributed by atoms with Gasteiger partial charge in [-0.1, -0.05) is 11.6 Å². The van der Waals surface area contributed by atoms with E-state index in [0.717, 1.165) is 23.0 Å². The van der Waals surface area contributed by atoms with Crippen LogP contribution in [0, 0.1) is 13.8 Å². The van der Waals surface area contributed by atoms with Crippen molar-refractivity contribution >= 4 is 58.1 Å². The van der Waals surface area contributed by atoms with Crippen LogP contribution in [0.4, 0.5) is 5.69 Å². The summed E-state index contributed by atoms with van der Waals surface area (Å²) in [6.07, 6.45) is 1.72. The number of carboxylic acid groups (broad SMARTS) is 2. The number of aryl methyl sites for hydroxylation is 1. The molecule has 8 nitrogen and oxygen atoms in total. The number of halogens is 1. The number of carbonyl (C=O) groups excluding carboxylic acids is 1. The largest absolute Gasteiger partial charge is 0.478 e. The van der Waals surface area contributed by atoms with Crippen LogP contribution in [0.1, 0.15) is 37.7 Å². The van der Waals surface area contributed by atoms with E-state index in [4.69, 9.17) is 11.6 Å². The number of nitrogens with one attached hydrogen (secondary N) is 1. The minimum atomic E-state index is -1.22. The fourth-order valence-corrected chi connectivity index (χ4v) is 4.53. The number of carboxylic acids is 2. The van der Waals surface area contributed by atoms with Gasteiger partial charge in [0.2, 0.25) is 0 Å². The second kappa shape index (κ2) is 9.20. The van der Waals surface area contributed by atoms with E-state index in [9.17, 15) is 24.6 Å². The van der Waals surface area contributed by atoms with Gasteiger partial charge in [-0.25, -0.2) is 14.6 Å². The summed E-state index contributed by atoms with van der Waals surface area (Å²) >= 11 is 7.09. The van der Waals surface area contributed by atoms with Crippen LogP contribution in [0.25, 0.3) is 11.8 Å². The summed E-state index contributed by atoms with van der Waals surface area (Å²) < 4.78 is 1.76. The molecule has 1 aliphatic rings. The molecule has 0 saturated carbocycles. The molecule has 2 heterocycles. The van der Waals surface area contributed by atoms with Crippen LogP contribution in [-0.4, -0.2) is 37.8 Å². The Hall–Kier alpha value is -3.82. The molecule has 1 amide bonds. The number of aromatic carboxylic acids is 2. The summed E-state index contributed by atoms with van der Waals surface area (Å²) in [5.74, 6) is -2.73. The van der Waals surface area contributed by atoms with E-state index in [0.29, 0.717) is 26.5 Å². The van der Waals surface area contributed by atoms with Crippen molar-refractivity contribution in [2.45, 2.75) is 13.8 Å². The molecule has 1 aromatic heterocycles. The van der Waals surface area contributed by atoms with Gasteiger partial charge in [0.1, 0.15) is 0 Å². The van der Waals surface area contributed by atoms with Gasteiger partial charge in [0.15, 0.2) is 5.17 Å². The number of aromatic nitrogens is 1. The molecule has 2 aromatic carbocycles. The van der Waals surface area contributed by atoms with Crippen molar-refractivity contribution in [2.75, 3.05) is 0 Å². The second-order valence-corrected chi connectivity index (χ2v) is 8.97. The predicted octanol–water partition coefficient (Wildman–Crippen LogP) is 5.04. The molecule has 0 bridgehead atoms. The van der Waals surface area contributed by atoms with E-state index in [1.807, 2.05) is 19.9 Å². The van der Waals surface area contributed by atoms with Crippen LogP contribution in [-0.2, 0) is 4.79 Å². The Morgan fingerprint density at radius 3 is 2.24 bits per heavy atom. The first kappa shape index (κ1) is 23.3. The number of aliphatic imine (C=N–C) groups is 1. The molecule has 4 rings (SSSR count). The molecular formula is C24H18ClN3O5S. The number of rotatable bonds is 5. The Morgan fingerprint density at radius 2 is 1.65 bits per heavy atom. The van der Waals surface area contributed by atoms with Gasteiger partial charge in [0.05, 0.1) is 21.7 Å². The van der Waals surface area contributed by atoms with Gasteiger partial charge in [-0.05, 0) is 85.8 Å². The molecule has 172 valence electrons. The summed E-state index contributed by atoms with van der Waals surface area (Å²) in [4.78, 5) is 40.4. The maximum absolute atomic E-state index is 12.5. The zero-order valence-corrected chi connectivity index (χ0v) is 19.6. The highest BCUT2D eigenvalue weighted by Crippen LogP contribution is 2.31. The Morgan fingerprint density at radius 1 is 1.03 bits per heavy atom. The van der Waals surface area contributed by atoms with E-state index >= 15 is 0 Å². The Kier molecular flexibility index (Phi) is 6.32. The van der Waals surface area contributed by atoms with Crippen LogP contribution >= 0.6 is 23.4 Å². The summed E-state index contributed by atoms with van der Waals surface area (Å²) in [5.41, 5.74) is 3.01. The smallest absolute Gasteiger partial charge is 0.335 e. The van der Waals surface area contributed by atoms with E-state index in [-0.39, 0.29) is 17.0 Å². The van der Waals surface area contributed by atoms with E-state index in [2.05, 4.69) is 10.3 Å². The molecule has 0 radical (unpaired) electrons. The maximum atomic E-state index is 12.5. The highest BCUT2D eigenvalue weighted by molar-refractivity contribution is 8.18. The highest BCUT2D eigenvalue weighted by atomic mass is 35.5. The molecule has 0 atom stereocenters. The molecule has 0 unspecified atom stereocenters. The topological polar surface area (TPSA) is 121 Å². The average molecular weight is 496 g/mol. The lowest BCUT2D eigenvalue weighted by Gasteiger charge is -2.12. The van der Waals surface area contributed by atoms with E-state index < -0.39 is 11.9 Å². The van der Waals surface area contributed by atoms with Crippen molar-refractivity contribution in [1.82, 2.24) is 9.88 Å². The van der Waals surface area contributed by atoms with E-state index in [1.54, 1.807) is 34.9 Å². The fraction of sp³-hybridized carbons (Fsp3) is 0.0833. The number of thioether (sulfide) groups is 1. The number of nitrogens with zero attached hydrogens (tertiary/aromatic N) is 2. The van der Waals surface area contributed by atoms with Gasteiger partial charge in [-0.3, -0.25) is 4.79 Å². The van der Waals surface area contributed by atoms with Crippen LogP contribution < -0.4 is 5.32 Å². The van der Waals surface area contributed by atoms with Crippen molar-refractivity contribution in [3.63, 3.8) is 0 Å². The molecular weight excluding hydrogens is 478 g/mol. The second-order valence-electron chi connectivity index (χ2n) is 7.50. The van der Waals surface area contributed by atoms with Crippen molar-refractivity contribution in [3.8, 4) is 5.69 Å². The van der Waals surface area contributed by atoms with E-state index in [1.165, 1.54) is 23.9 Å². The molecule has 1 fully saturated rings. The molecule has 0 aliphatic carbocycles. The number of benzene rings is 2. The Labute approximate surface area is 203 Å². The third-order valence-corrected chi connectivity index (χ3v) is 6.30. The third-order valence-electron chi connectivity index (χ3n) is 5.13. The Bertz CT molecular complexity index is 1370. The van der Waals surface area contributed by atoms with Crippen molar-refractivity contribution in [3.05, 3.63) is 86.5 Å².